The maximum atomic E-state index is 13.2. The van der Waals surface area contributed by atoms with Crippen LogP contribution < -0.4 is 0 Å². The summed E-state index contributed by atoms with van der Waals surface area (Å²) in [4.78, 5) is 51.2. The lowest BCUT2D eigenvalue weighted by Crippen LogP contribution is -2.61. The van der Waals surface area contributed by atoms with Gasteiger partial charge in [0.1, 0.15) is 18.8 Å². The Kier molecular flexibility index (Phi) is 51.2. The van der Waals surface area contributed by atoms with Crippen LogP contribution in [0.1, 0.15) is 201 Å². The number of aliphatic hydroxyl groups is 2. The van der Waals surface area contributed by atoms with Gasteiger partial charge in [0.15, 0.2) is 24.6 Å². The highest BCUT2D eigenvalue weighted by molar-refractivity contribution is 5.74. The van der Waals surface area contributed by atoms with Crippen molar-refractivity contribution in [1.82, 2.24) is 0 Å². The molecule has 1 rings (SSSR count). The van der Waals surface area contributed by atoms with Crippen molar-refractivity contribution in [2.75, 3.05) is 13.2 Å². The Morgan fingerprint density at radius 1 is 0.398 bits per heavy atom. The van der Waals surface area contributed by atoms with Crippen LogP contribution in [-0.2, 0) is 42.9 Å². The molecule has 12 nitrogen and oxygen atoms in total. The number of carbonyl (C=O) groups excluding carboxylic acids is 3. The Balaban J connectivity index is 2.78. The third-order valence-electron chi connectivity index (χ3n) is 12.8. The fourth-order valence-electron chi connectivity index (χ4n) is 8.15. The summed E-state index contributed by atoms with van der Waals surface area (Å²) in [6, 6.07) is 0. The molecule has 1 fully saturated rings. The monoisotopic (exact) mass is 1150 g/mol. The van der Waals surface area contributed by atoms with E-state index in [-0.39, 0.29) is 25.9 Å². The Labute approximate surface area is 500 Å². The highest BCUT2D eigenvalue weighted by Crippen LogP contribution is 2.26. The predicted molar refractivity (Wildman–Crippen MR) is 339 cm³/mol. The molecule has 1 aliphatic heterocycles. The molecule has 83 heavy (non-hydrogen) atoms. The molecule has 1 aliphatic rings. The number of aliphatic carboxylic acids is 1. The Morgan fingerprint density at radius 3 is 1.18 bits per heavy atom. The van der Waals surface area contributed by atoms with E-state index < -0.39 is 67.3 Å². The van der Waals surface area contributed by atoms with Gasteiger partial charge in [-0.15, -0.1) is 0 Å². The summed E-state index contributed by atoms with van der Waals surface area (Å²) in [5, 5.41) is 31.5. The smallest absolute Gasteiger partial charge is 0.335 e. The van der Waals surface area contributed by atoms with Crippen molar-refractivity contribution in [2.24, 2.45) is 0 Å². The van der Waals surface area contributed by atoms with Crippen LogP contribution >= 0.6 is 0 Å². The van der Waals surface area contributed by atoms with Gasteiger partial charge in [-0.05, 0) is 128 Å². The second kappa shape index (κ2) is 56.6. The van der Waals surface area contributed by atoms with Crippen LogP contribution in [0.25, 0.3) is 0 Å². The van der Waals surface area contributed by atoms with Crippen molar-refractivity contribution in [3.63, 3.8) is 0 Å². The summed E-state index contributed by atoms with van der Waals surface area (Å²) in [6.45, 7) is 5.55. The zero-order valence-electron chi connectivity index (χ0n) is 50.9. The van der Waals surface area contributed by atoms with Crippen molar-refractivity contribution < 1.29 is 58.2 Å². The van der Waals surface area contributed by atoms with Crippen LogP contribution in [0.5, 0.6) is 0 Å². The van der Waals surface area contributed by atoms with Crippen LogP contribution in [0.2, 0.25) is 0 Å². The van der Waals surface area contributed by atoms with E-state index in [1.54, 1.807) is 0 Å². The average molecular weight is 1150 g/mol. The van der Waals surface area contributed by atoms with Crippen LogP contribution in [0.3, 0.4) is 0 Å². The highest BCUT2D eigenvalue weighted by Gasteiger charge is 2.50. The van der Waals surface area contributed by atoms with E-state index in [0.29, 0.717) is 32.1 Å². The van der Waals surface area contributed by atoms with Gasteiger partial charge in [-0.25, -0.2) is 4.79 Å². The predicted octanol–water partition coefficient (Wildman–Crippen LogP) is 16.7. The Bertz CT molecular complexity index is 2090. The third-order valence-corrected chi connectivity index (χ3v) is 12.8. The molecule has 12 heteroatoms. The lowest BCUT2D eigenvalue weighted by Gasteiger charge is -2.40. The van der Waals surface area contributed by atoms with Crippen LogP contribution in [-0.4, -0.2) is 89.2 Å². The van der Waals surface area contributed by atoms with E-state index in [9.17, 15) is 34.5 Å². The number of hydrogen-bond acceptors (Lipinski definition) is 11. The number of rotatable bonds is 50. The summed E-state index contributed by atoms with van der Waals surface area (Å²) >= 11 is 0. The Hall–Kier alpha value is -5.92. The molecule has 462 valence electrons. The molecule has 1 heterocycles. The first-order valence-electron chi connectivity index (χ1n) is 31.1. The van der Waals surface area contributed by atoms with Gasteiger partial charge in [-0.1, -0.05) is 223 Å². The fourth-order valence-corrected chi connectivity index (χ4v) is 8.15. The normalized spacial score (nSPS) is 18.8. The van der Waals surface area contributed by atoms with Crippen molar-refractivity contribution in [1.29, 1.82) is 0 Å². The molecule has 6 unspecified atom stereocenters. The maximum Gasteiger partial charge on any atom is 0.335 e. The lowest BCUT2D eigenvalue weighted by molar-refractivity contribution is -0.301. The molecule has 0 spiro atoms. The molecule has 0 aromatic heterocycles. The van der Waals surface area contributed by atoms with Gasteiger partial charge < -0.3 is 39.0 Å². The molecule has 0 bridgehead atoms. The van der Waals surface area contributed by atoms with E-state index in [2.05, 4.69) is 167 Å². The Morgan fingerprint density at radius 2 is 0.759 bits per heavy atom. The molecule has 0 radical (unpaired) electrons. The first-order valence-corrected chi connectivity index (χ1v) is 31.1. The molecule has 3 N–H and O–H groups in total. The standard InChI is InChI=1S/C71H106O12/c1-4-7-10-13-16-19-22-25-28-31-32-35-38-41-44-47-50-53-56-59-65(74)82-69-67(76)66(75)68(70(77)78)83-71(69)80-61-62(81-64(73)58-55-52-49-46-43-40-37-34-30-27-24-21-18-15-12-9-6-3)60-79-63(72)57-54-51-48-45-42-39-36-33-29-26-23-20-17-14-11-8-5-2/h7-12,16-21,25-30,32,35-36,39,41,44-45,48,50,53,62,66-69,71,75-76H,4-6,13-15,22-24,31,33-34,37-38,40,42-43,46-47,49,51-52,54-61H2,1-3H3,(H,77,78)/b10-7-,11-8-,12-9-,19-16-,20-17-,21-18-,28-25-,29-26-,30-27-,35-32-,39-36-,44-41-,48-45-,53-50-. The van der Waals surface area contributed by atoms with Crippen LogP contribution in [0.4, 0.5) is 0 Å². The topological polar surface area (TPSA) is 175 Å². The fraction of sp³-hybridized carbons (Fsp3) is 0.549. The van der Waals surface area contributed by atoms with Crippen molar-refractivity contribution in [2.45, 2.75) is 237 Å². The molecule has 1 saturated heterocycles. The second-order valence-corrected chi connectivity index (χ2v) is 20.2. The van der Waals surface area contributed by atoms with Gasteiger partial charge in [-0.3, -0.25) is 14.4 Å². The lowest BCUT2D eigenvalue weighted by atomic mass is 9.98. The summed E-state index contributed by atoms with van der Waals surface area (Å²) in [5.74, 6) is -3.35. The number of ether oxygens (including phenoxy) is 5. The number of carbonyl (C=O) groups is 4. The van der Waals surface area contributed by atoms with E-state index in [1.807, 2.05) is 24.3 Å². The van der Waals surface area contributed by atoms with Crippen molar-refractivity contribution in [3.05, 3.63) is 170 Å². The van der Waals surface area contributed by atoms with Gasteiger partial charge in [0.25, 0.3) is 0 Å². The van der Waals surface area contributed by atoms with Gasteiger partial charge in [-0.2, -0.15) is 0 Å². The summed E-state index contributed by atoms with van der Waals surface area (Å²) < 4.78 is 28.3. The van der Waals surface area contributed by atoms with Gasteiger partial charge in [0, 0.05) is 19.3 Å². The van der Waals surface area contributed by atoms with E-state index in [4.69, 9.17) is 23.7 Å². The van der Waals surface area contributed by atoms with Crippen LogP contribution in [0, 0.1) is 0 Å². The first-order chi connectivity index (χ1) is 40.6. The average Bonchev–Trinajstić information content (AvgIpc) is 3.55. The highest BCUT2D eigenvalue weighted by atomic mass is 16.7. The zero-order chi connectivity index (χ0) is 60.3. The molecule has 0 amide bonds. The van der Waals surface area contributed by atoms with Crippen molar-refractivity contribution in [3.8, 4) is 0 Å². The van der Waals surface area contributed by atoms with Gasteiger partial charge in [0.05, 0.1) is 6.61 Å². The molecular formula is C71H106O12. The maximum absolute atomic E-state index is 13.2. The minimum Gasteiger partial charge on any atom is -0.479 e. The molecule has 0 aromatic rings. The van der Waals surface area contributed by atoms with Gasteiger partial charge >= 0.3 is 23.9 Å². The molecule has 0 aromatic carbocycles. The zero-order valence-corrected chi connectivity index (χ0v) is 50.9. The number of carboxylic acids is 1. The minimum atomic E-state index is -1.95. The summed E-state index contributed by atoms with van der Waals surface area (Å²) in [5.41, 5.74) is 0. The molecule has 6 atom stereocenters. The number of hydrogen-bond donors (Lipinski definition) is 3. The quantitative estimate of drug-likeness (QED) is 0.0228. The first kappa shape index (κ1) is 75.1. The second-order valence-electron chi connectivity index (χ2n) is 20.2. The minimum absolute atomic E-state index is 0.0818. The largest absolute Gasteiger partial charge is 0.479 e. The van der Waals surface area contributed by atoms with E-state index in [1.165, 1.54) is 0 Å². The molecular weight excluding hydrogens is 1040 g/mol. The number of unbranched alkanes of at least 4 members (excludes halogenated alkanes) is 8. The van der Waals surface area contributed by atoms with Gasteiger partial charge in [0.2, 0.25) is 0 Å². The van der Waals surface area contributed by atoms with Crippen molar-refractivity contribution >= 4 is 23.9 Å². The number of allylic oxidation sites excluding steroid dienone is 28. The number of aliphatic hydroxyl groups excluding tert-OH is 2. The van der Waals surface area contributed by atoms with E-state index in [0.717, 1.165) is 128 Å². The number of esters is 3. The summed E-state index contributed by atoms with van der Waals surface area (Å²) in [6.07, 6.45) is 71.9. The summed E-state index contributed by atoms with van der Waals surface area (Å²) in [7, 11) is 0. The van der Waals surface area contributed by atoms with E-state index >= 15 is 0 Å². The number of carboxylic acid groups (broad SMARTS) is 1. The SMILES string of the molecule is CC/C=C\C/C=C\C/C=C\C/C=C\C/C=C\C/C=C\CCC(=O)OC1C(OCC(COC(=O)CCC/C=C\C/C=C\C/C=C\C/C=C\C/C=C\CC)OC(=O)CCCCCCCCC/C=C\C/C=C\C/C=C\CC)OC(C(=O)O)C(O)C1O. The molecule has 0 saturated carbocycles. The third kappa shape index (κ3) is 46.2. The molecule has 0 aliphatic carbocycles. The van der Waals surface area contributed by atoms with Crippen LogP contribution in [0.15, 0.2) is 170 Å².